The van der Waals surface area contributed by atoms with Crippen LogP contribution in [0.3, 0.4) is 0 Å². The number of carbonyl (C=O) groups is 1. The van der Waals surface area contributed by atoms with Gasteiger partial charge in [0.05, 0.1) is 11.8 Å². The summed E-state index contributed by atoms with van der Waals surface area (Å²) in [6.45, 7) is 1.99. The van der Waals surface area contributed by atoms with Crippen LogP contribution in [0.5, 0.6) is 0 Å². The molecule has 2 aromatic carbocycles. The van der Waals surface area contributed by atoms with E-state index >= 15 is 0 Å². The van der Waals surface area contributed by atoms with E-state index in [1.165, 1.54) is 11.8 Å². The van der Waals surface area contributed by atoms with Gasteiger partial charge in [0, 0.05) is 9.92 Å². The summed E-state index contributed by atoms with van der Waals surface area (Å²) in [4.78, 5) is 12.9. The van der Waals surface area contributed by atoms with Crippen LogP contribution in [0.2, 0.25) is 5.02 Å². The van der Waals surface area contributed by atoms with Crippen LogP contribution >= 0.6 is 23.4 Å². The first-order chi connectivity index (χ1) is 9.65. The lowest BCUT2D eigenvalue weighted by Gasteiger charge is -2.14. The number of rotatable bonds is 5. The van der Waals surface area contributed by atoms with E-state index in [4.69, 9.17) is 11.6 Å². The second-order valence-corrected chi connectivity index (χ2v) is 5.93. The van der Waals surface area contributed by atoms with E-state index in [-0.39, 0.29) is 11.9 Å². The largest absolute Gasteiger partial charge is 0.349 e. The summed E-state index contributed by atoms with van der Waals surface area (Å²) in [5.74, 6) is 0.431. The van der Waals surface area contributed by atoms with E-state index in [0.29, 0.717) is 10.8 Å². The van der Waals surface area contributed by atoms with E-state index in [2.05, 4.69) is 5.32 Å². The van der Waals surface area contributed by atoms with Gasteiger partial charge in [-0.05, 0) is 36.8 Å². The molecular weight excluding hydrogens is 290 g/mol. The lowest BCUT2D eigenvalue weighted by atomic mass is 10.1. The third-order valence-electron chi connectivity index (χ3n) is 2.86. The summed E-state index contributed by atoms with van der Waals surface area (Å²) in [5.41, 5.74) is 1.11. The van der Waals surface area contributed by atoms with Gasteiger partial charge in [0.15, 0.2) is 0 Å². The van der Waals surface area contributed by atoms with Crippen LogP contribution < -0.4 is 5.32 Å². The van der Waals surface area contributed by atoms with Crippen LogP contribution in [0, 0.1) is 0 Å². The second kappa shape index (κ2) is 7.36. The number of thioether (sulfide) groups is 1. The SMILES string of the molecule is CC(NC(=O)CSc1ccc(Cl)cc1)c1ccccc1. The van der Waals surface area contributed by atoms with Crippen LogP contribution in [0.4, 0.5) is 0 Å². The first kappa shape index (κ1) is 14.9. The van der Waals surface area contributed by atoms with Crippen LogP contribution in [-0.4, -0.2) is 11.7 Å². The smallest absolute Gasteiger partial charge is 0.230 e. The molecule has 2 aromatic rings. The third kappa shape index (κ3) is 4.58. The molecule has 1 N–H and O–H groups in total. The Labute approximate surface area is 128 Å². The molecule has 20 heavy (non-hydrogen) atoms. The topological polar surface area (TPSA) is 29.1 Å². The molecule has 0 spiro atoms. The fourth-order valence-corrected chi connectivity index (χ4v) is 2.62. The molecule has 1 atom stereocenters. The summed E-state index contributed by atoms with van der Waals surface area (Å²) >= 11 is 7.33. The third-order valence-corrected chi connectivity index (χ3v) is 4.12. The molecule has 1 amide bonds. The zero-order valence-corrected chi connectivity index (χ0v) is 12.7. The maximum atomic E-state index is 11.9. The summed E-state index contributed by atoms with van der Waals surface area (Å²) in [6, 6.07) is 17.4. The van der Waals surface area contributed by atoms with E-state index in [1.807, 2.05) is 61.5 Å². The van der Waals surface area contributed by atoms with Crippen molar-refractivity contribution in [3.8, 4) is 0 Å². The van der Waals surface area contributed by atoms with Crippen molar-refractivity contribution in [3.63, 3.8) is 0 Å². The van der Waals surface area contributed by atoms with Gasteiger partial charge in [-0.2, -0.15) is 0 Å². The summed E-state index contributed by atoms with van der Waals surface area (Å²) < 4.78 is 0. The first-order valence-electron chi connectivity index (χ1n) is 6.38. The molecule has 0 aliphatic rings. The van der Waals surface area contributed by atoms with Gasteiger partial charge in [0.1, 0.15) is 0 Å². The lowest BCUT2D eigenvalue weighted by Crippen LogP contribution is -2.28. The maximum absolute atomic E-state index is 11.9. The van der Waals surface area contributed by atoms with Crippen molar-refractivity contribution in [3.05, 3.63) is 65.2 Å². The number of carbonyl (C=O) groups excluding carboxylic acids is 1. The average molecular weight is 306 g/mol. The molecule has 2 nitrogen and oxygen atoms in total. The van der Waals surface area contributed by atoms with Gasteiger partial charge >= 0.3 is 0 Å². The zero-order valence-electron chi connectivity index (χ0n) is 11.2. The number of hydrogen-bond acceptors (Lipinski definition) is 2. The maximum Gasteiger partial charge on any atom is 0.230 e. The van der Waals surface area contributed by atoms with Crippen LogP contribution in [0.1, 0.15) is 18.5 Å². The van der Waals surface area contributed by atoms with Crippen molar-refractivity contribution in [1.82, 2.24) is 5.32 Å². The predicted molar refractivity (Wildman–Crippen MR) is 85.2 cm³/mol. The number of amides is 1. The molecule has 4 heteroatoms. The Balaban J connectivity index is 1.82. The molecule has 0 aromatic heterocycles. The van der Waals surface area contributed by atoms with Gasteiger partial charge in [0.25, 0.3) is 0 Å². The molecule has 0 fully saturated rings. The molecule has 0 saturated heterocycles. The highest BCUT2D eigenvalue weighted by molar-refractivity contribution is 8.00. The highest BCUT2D eigenvalue weighted by Gasteiger charge is 2.09. The number of hydrogen-bond donors (Lipinski definition) is 1. The molecule has 0 radical (unpaired) electrons. The Morgan fingerprint density at radius 2 is 1.80 bits per heavy atom. The molecule has 0 aliphatic carbocycles. The number of benzene rings is 2. The molecule has 0 heterocycles. The van der Waals surface area contributed by atoms with E-state index in [1.54, 1.807) is 0 Å². The normalized spacial score (nSPS) is 11.9. The van der Waals surface area contributed by atoms with Gasteiger partial charge in [0.2, 0.25) is 5.91 Å². The van der Waals surface area contributed by atoms with Gasteiger partial charge in [-0.15, -0.1) is 11.8 Å². The monoisotopic (exact) mass is 305 g/mol. The van der Waals surface area contributed by atoms with Crippen LogP contribution in [0.15, 0.2) is 59.5 Å². The van der Waals surface area contributed by atoms with Crippen molar-refractivity contribution in [2.45, 2.75) is 17.9 Å². The summed E-state index contributed by atoms with van der Waals surface area (Å²) in [5, 5.41) is 3.70. The molecule has 104 valence electrons. The Morgan fingerprint density at radius 3 is 2.45 bits per heavy atom. The molecule has 0 saturated carbocycles. The first-order valence-corrected chi connectivity index (χ1v) is 7.74. The predicted octanol–water partition coefficient (Wildman–Crippen LogP) is 4.31. The minimum atomic E-state index is 0.0227. The Kier molecular flexibility index (Phi) is 5.50. The van der Waals surface area contributed by atoms with Crippen molar-refractivity contribution in [1.29, 1.82) is 0 Å². The minimum absolute atomic E-state index is 0.0227. The van der Waals surface area contributed by atoms with Crippen molar-refractivity contribution in [2.24, 2.45) is 0 Å². The summed E-state index contributed by atoms with van der Waals surface area (Å²) in [7, 11) is 0. The fourth-order valence-electron chi connectivity index (χ4n) is 1.79. The average Bonchev–Trinajstić information content (AvgIpc) is 2.47. The molecule has 2 rings (SSSR count). The Hall–Kier alpha value is -1.45. The van der Waals surface area contributed by atoms with Gasteiger partial charge < -0.3 is 5.32 Å². The van der Waals surface area contributed by atoms with Crippen molar-refractivity contribution < 1.29 is 4.79 Å². The van der Waals surface area contributed by atoms with Gasteiger partial charge in [-0.1, -0.05) is 41.9 Å². The van der Waals surface area contributed by atoms with Crippen LogP contribution in [0.25, 0.3) is 0 Å². The van der Waals surface area contributed by atoms with Crippen molar-refractivity contribution in [2.75, 3.05) is 5.75 Å². The van der Waals surface area contributed by atoms with Crippen molar-refractivity contribution >= 4 is 29.3 Å². The zero-order chi connectivity index (χ0) is 14.4. The fraction of sp³-hybridized carbons (Fsp3) is 0.188. The van der Waals surface area contributed by atoms with Gasteiger partial charge in [-0.25, -0.2) is 0 Å². The Bertz CT molecular complexity index is 556. The molecule has 0 bridgehead atoms. The standard InChI is InChI=1S/C16H16ClNOS/c1-12(13-5-3-2-4-6-13)18-16(19)11-20-15-9-7-14(17)8-10-15/h2-10,12H,11H2,1H3,(H,18,19). The molecule has 0 aliphatic heterocycles. The number of halogens is 1. The lowest BCUT2D eigenvalue weighted by molar-refractivity contribution is -0.119. The van der Waals surface area contributed by atoms with E-state index < -0.39 is 0 Å². The van der Waals surface area contributed by atoms with E-state index in [9.17, 15) is 4.79 Å². The van der Waals surface area contributed by atoms with Crippen LogP contribution in [-0.2, 0) is 4.79 Å². The highest BCUT2D eigenvalue weighted by atomic mass is 35.5. The number of nitrogens with one attached hydrogen (secondary N) is 1. The summed E-state index contributed by atoms with van der Waals surface area (Å²) in [6.07, 6.45) is 0. The Morgan fingerprint density at radius 1 is 1.15 bits per heavy atom. The van der Waals surface area contributed by atoms with Gasteiger partial charge in [-0.3, -0.25) is 4.79 Å². The quantitative estimate of drug-likeness (QED) is 0.834. The molecular formula is C16H16ClNOS. The second-order valence-electron chi connectivity index (χ2n) is 4.44. The highest BCUT2D eigenvalue weighted by Crippen LogP contribution is 2.20. The van der Waals surface area contributed by atoms with E-state index in [0.717, 1.165) is 10.5 Å². The minimum Gasteiger partial charge on any atom is -0.349 e. The molecule has 1 unspecified atom stereocenters.